The van der Waals surface area contributed by atoms with Gasteiger partial charge in [-0.3, -0.25) is 4.79 Å². The van der Waals surface area contributed by atoms with Crippen LogP contribution in [0.2, 0.25) is 0 Å². The van der Waals surface area contributed by atoms with Crippen LogP contribution in [-0.2, 0) is 4.79 Å². The van der Waals surface area contributed by atoms with Crippen LogP contribution in [0.15, 0.2) is 41.5 Å². The third kappa shape index (κ3) is 4.73. The van der Waals surface area contributed by atoms with Gasteiger partial charge in [0.2, 0.25) is 0 Å². The number of amides is 1. The van der Waals surface area contributed by atoms with Gasteiger partial charge in [0.25, 0.3) is 5.91 Å². The highest BCUT2D eigenvalue weighted by atomic mass is 16.5. The van der Waals surface area contributed by atoms with E-state index in [1.165, 1.54) is 0 Å². The predicted molar refractivity (Wildman–Crippen MR) is 96.7 cm³/mol. The molecule has 1 amide bonds. The molecule has 2 rings (SSSR count). The van der Waals surface area contributed by atoms with Crippen LogP contribution in [0.4, 0.5) is 0 Å². The van der Waals surface area contributed by atoms with Crippen molar-refractivity contribution in [2.75, 3.05) is 20.8 Å². The fraction of sp³-hybridized carbons (Fsp3) is 0.263. The van der Waals surface area contributed by atoms with Crippen molar-refractivity contribution >= 4 is 12.1 Å². The lowest BCUT2D eigenvalue weighted by Crippen LogP contribution is -2.24. The Morgan fingerprint density at radius 2 is 1.68 bits per heavy atom. The molecular formula is C19H22N2O4. The summed E-state index contributed by atoms with van der Waals surface area (Å²) in [6, 6.07) is 10.9. The van der Waals surface area contributed by atoms with Crippen molar-refractivity contribution in [3.63, 3.8) is 0 Å². The monoisotopic (exact) mass is 342 g/mol. The average Bonchev–Trinajstić information content (AvgIpc) is 2.63. The number of nitrogens with zero attached hydrogens (tertiary/aromatic N) is 1. The minimum Gasteiger partial charge on any atom is -0.496 e. The number of hydrogen-bond donors (Lipinski definition) is 1. The zero-order valence-corrected chi connectivity index (χ0v) is 14.8. The third-order valence-corrected chi connectivity index (χ3v) is 3.82. The van der Waals surface area contributed by atoms with Crippen molar-refractivity contribution in [2.24, 2.45) is 5.10 Å². The summed E-state index contributed by atoms with van der Waals surface area (Å²) in [5.74, 6) is 1.54. The maximum absolute atomic E-state index is 11.8. The van der Waals surface area contributed by atoms with E-state index in [2.05, 4.69) is 10.5 Å². The molecule has 0 heterocycles. The molecule has 0 saturated carbocycles. The standard InChI is InChI=1S/C19H22N2O4/c1-13-14(2)16(23-3)10-9-15(13)11-20-21-19(22)12-25-18-8-6-5-7-17(18)24-4/h5-11H,12H2,1-4H3,(H,21,22). The highest BCUT2D eigenvalue weighted by Gasteiger charge is 2.07. The molecule has 132 valence electrons. The van der Waals surface area contributed by atoms with Crippen molar-refractivity contribution in [3.8, 4) is 17.2 Å². The Balaban J connectivity index is 1.92. The number of rotatable bonds is 7. The first-order valence-electron chi connectivity index (χ1n) is 7.78. The smallest absolute Gasteiger partial charge is 0.277 e. The summed E-state index contributed by atoms with van der Waals surface area (Å²) >= 11 is 0. The van der Waals surface area contributed by atoms with Gasteiger partial charge in [-0.2, -0.15) is 5.10 Å². The van der Waals surface area contributed by atoms with Crippen LogP contribution in [0.1, 0.15) is 16.7 Å². The second-order valence-corrected chi connectivity index (χ2v) is 5.34. The van der Waals surface area contributed by atoms with Crippen LogP contribution < -0.4 is 19.6 Å². The molecule has 25 heavy (non-hydrogen) atoms. The van der Waals surface area contributed by atoms with E-state index < -0.39 is 0 Å². The topological polar surface area (TPSA) is 69.2 Å². The van der Waals surface area contributed by atoms with E-state index in [4.69, 9.17) is 14.2 Å². The van der Waals surface area contributed by atoms with Crippen LogP contribution in [0.3, 0.4) is 0 Å². The SMILES string of the molecule is COc1ccccc1OCC(=O)NN=Cc1ccc(OC)c(C)c1C. The van der Waals surface area contributed by atoms with E-state index in [9.17, 15) is 4.79 Å². The summed E-state index contributed by atoms with van der Waals surface area (Å²) < 4.78 is 15.9. The van der Waals surface area contributed by atoms with Crippen LogP contribution in [0, 0.1) is 13.8 Å². The number of hydrogen-bond acceptors (Lipinski definition) is 5. The van der Waals surface area contributed by atoms with Crippen molar-refractivity contribution in [3.05, 3.63) is 53.1 Å². The lowest BCUT2D eigenvalue weighted by Gasteiger charge is -2.10. The lowest BCUT2D eigenvalue weighted by atomic mass is 10.0. The van der Waals surface area contributed by atoms with E-state index in [0.717, 1.165) is 22.4 Å². The summed E-state index contributed by atoms with van der Waals surface area (Å²) in [5.41, 5.74) is 5.44. The first-order valence-corrected chi connectivity index (χ1v) is 7.78. The zero-order valence-electron chi connectivity index (χ0n) is 14.8. The minimum absolute atomic E-state index is 0.154. The van der Waals surface area contributed by atoms with Gasteiger partial charge in [0.15, 0.2) is 18.1 Å². The van der Waals surface area contributed by atoms with Gasteiger partial charge in [-0.05, 0) is 54.8 Å². The number of hydrazone groups is 1. The summed E-state index contributed by atoms with van der Waals surface area (Å²) in [6.45, 7) is 3.80. The summed E-state index contributed by atoms with van der Waals surface area (Å²) in [5, 5.41) is 3.98. The molecule has 2 aromatic rings. The zero-order chi connectivity index (χ0) is 18.2. The molecule has 0 bridgehead atoms. The van der Waals surface area contributed by atoms with Crippen molar-refractivity contribution in [2.45, 2.75) is 13.8 Å². The lowest BCUT2D eigenvalue weighted by molar-refractivity contribution is -0.123. The highest BCUT2D eigenvalue weighted by molar-refractivity contribution is 5.85. The predicted octanol–water partition coefficient (Wildman–Crippen LogP) is 2.85. The van der Waals surface area contributed by atoms with Crippen LogP contribution in [0.5, 0.6) is 17.2 Å². The molecule has 0 atom stereocenters. The molecule has 6 heteroatoms. The number of nitrogens with one attached hydrogen (secondary N) is 1. The molecule has 2 aromatic carbocycles. The van der Waals surface area contributed by atoms with Crippen LogP contribution >= 0.6 is 0 Å². The maximum atomic E-state index is 11.8. The van der Waals surface area contributed by atoms with E-state index in [1.54, 1.807) is 32.6 Å². The van der Waals surface area contributed by atoms with E-state index in [1.807, 2.05) is 38.1 Å². The van der Waals surface area contributed by atoms with Crippen molar-refractivity contribution in [1.82, 2.24) is 5.43 Å². The van der Waals surface area contributed by atoms with Crippen LogP contribution in [0.25, 0.3) is 0 Å². The number of carbonyl (C=O) groups is 1. The highest BCUT2D eigenvalue weighted by Crippen LogP contribution is 2.25. The van der Waals surface area contributed by atoms with Gasteiger partial charge < -0.3 is 14.2 Å². The van der Waals surface area contributed by atoms with Gasteiger partial charge >= 0.3 is 0 Å². The average molecular weight is 342 g/mol. The molecule has 0 fully saturated rings. The maximum Gasteiger partial charge on any atom is 0.277 e. The van der Waals surface area contributed by atoms with Gasteiger partial charge in [0, 0.05) is 0 Å². The Kier molecular flexibility index (Phi) is 6.39. The molecule has 0 unspecified atom stereocenters. The van der Waals surface area contributed by atoms with Crippen molar-refractivity contribution < 1.29 is 19.0 Å². The Bertz CT molecular complexity index is 772. The van der Waals surface area contributed by atoms with E-state index >= 15 is 0 Å². The number of benzene rings is 2. The van der Waals surface area contributed by atoms with Gasteiger partial charge in [-0.1, -0.05) is 12.1 Å². The second kappa shape index (κ2) is 8.73. The van der Waals surface area contributed by atoms with Gasteiger partial charge in [-0.15, -0.1) is 0 Å². The molecule has 0 spiro atoms. The molecule has 1 N–H and O–H groups in total. The van der Waals surface area contributed by atoms with Crippen molar-refractivity contribution in [1.29, 1.82) is 0 Å². The summed E-state index contributed by atoms with van der Waals surface area (Å²) in [6.07, 6.45) is 1.60. The van der Waals surface area contributed by atoms with Gasteiger partial charge in [0.1, 0.15) is 5.75 Å². The van der Waals surface area contributed by atoms with E-state index in [-0.39, 0.29) is 12.5 Å². The first kappa shape index (κ1) is 18.3. The first-order chi connectivity index (χ1) is 12.1. The fourth-order valence-corrected chi connectivity index (χ4v) is 2.27. The number of methoxy groups -OCH3 is 2. The van der Waals surface area contributed by atoms with Crippen LogP contribution in [-0.4, -0.2) is 32.9 Å². The molecule has 0 aliphatic heterocycles. The normalized spacial score (nSPS) is 10.6. The molecule has 0 saturated heterocycles. The Morgan fingerprint density at radius 1 is 1.00 bits per heavy atom. The Hall–Kier alpha value is -3.02. The Labute approximate surface area is 147 Å². The Morgan fingerprint density at radius 3 is 2.36 bits per heavy atom. The molecule has 6 nitrogen and oxygen atoms in total. The quantitative estimate of drug-likeness (QED) is 0.620. The summed E-state index contributed by atoms with van der Waals surface area (Å²) in [7, 11) is 3.18. The third-order valence-electron chi connectivity index (χ3n) is 3.82. The number of ether oxygens (including phenoxy) is 3. The number of carbonyl (C=O) groups excluding carboxylic acids is 1. The molecule has 0 radical (unpaired) electrons. The molecular weight excluding hydrogens is 320 g/mol. The van der Waals surface area contributed by atoms with Gasteiger partial charge in [-0.25, -0.2) is 5.43 Å². The fourth-order valence-electron chi connectivity index (χ4n) is 2.27. The van der Waals surface area contributed by atoms with E-state index in [0.29, 0.717) is 11.5 Å². The second-order valence-electron chi connectivity index (χ2n) is 5.34. The number of para-hydroxylation sites is 2. The molecule has 0 aliphatic carbocycles. The summed E-state index contributed by atoms with van der Waals surface area (Å²) in [4.78, 5) is 11.8. The molecule has 0 aliphatic rings. The largest absolute Gasteiger partial charge is 0.496 e. The molecule has 0 aromatic heterocycles. The minimum atomic E-state index is -0.356. The van der Waals surface area contributed by atoms with Gasteiger partial charge in [0.05, 0.1) is 20.4 Å².